The summed E-state index contributed by atoms with van der Waals surface area (Å²) in [6, 6.07) is 28.2. The van der Waals surface area contributed by atoms with E-state index in [1.165, 1.54) is 47.3 Å². The summed E-state index contributed by atoms with van der Waals surface area (Å²) < 4.78 is 27.0. The third-order valence-corrected chi connectivity index (χ3v) is 6.80. The molecule has 34 heavy (non-hydrogen) atoms. The summed E-state index contributed by atoms with van der Waals surface area (Å²) in [5, 5.41) is 10.5. The number of benzene rings is 4. The van der Waals surface area contributed by atoms with Gasteiger partial charge in [-0.3, -0.25) is 10.1 Å². The highest BCUT2D eigenvalue weighted by atomic mass is 32.2. The van der Waals surface area contributed by atoms with Gasteiger partial charge >= 0.3 is 0 Å². The molecule has 0 saturated heterocycles. The van der Waals surface area contributed by atoms with Gasteiger partial charge in [-0.1, -0.05) is 60.7 Å². The van der Waals surface area contributed by atoms with Crippen molar-refractivity contribution in [3.05, 3.63) is 130 Å². The smallest absolute Gasteiger partial charge is 0.272 e. The van der Waals surface area contributed by atoms with E-state index in [2.05, 4.69) is 0 Å². The van der Waals surface area contributed by atoms with Crippen molar-refractivity contribution in [1.82, 2.24) is 0 Å². The Morgan fingerprint density at radius 1 is 0.706 bits per heavy atom. The van der Waals surface area contributed by atoms with Crippen LogP contribution in [0.3, 0.4) is 0 Å². The van der Waals surface area contributed by atoms with Crippen LogP contribution < -0.4 is 5.73 Å². The van der Waals surface area contributed by atoms with Gasteiger partial charge in [-0.2, -0.15) is 0 Å². The molecule has 0 heterocycles. The van der Waals surface area contributed by atoms with Crippen molar-refractivity contribution in [2.75, 3.05) is 5.73 Å². The average molecular weight is 497 g/mol. The van der Waals surface area contributed by atoms with E-state index < -0.39 is 10.7 Å². The molecular weight excluding hydrogens is 474 g/mol. The zero-order valence-corrected chi connectivity index (χ0v) is 19.7. The number of anilines is 1. The molecule has 0 spiro atoms. The quantitative estimate of drug-likeness (QED) is 0.123. The minimum absolute atomic E-state index is 0.225. The van der Waals surface area contributed by atoms with Crippen LogP contribution in [0.5, 0.6) is 0 Å². The molecule has 4 aromatic rings. The molecule has 0 unspecified atom stereocenters. The van der Waals surface area contributed by atoms with Gasteiger partial charge in [0.1, 0.15) is 11.6 Å². The Kier molecular flexibility index (Phi) is 9.49. The van der Waals surface area contributed by atoms with Gasteiger partial charge in [-0.15, -0.1) is 23.5 Å². The van der Waals surface area contributed by atoms with Gasteiger partial charge in [0.15, 0.2) is 0 Å². The van der Waals surface area contributed by atoms with Gasteiger partial charge in [-0.05, 0) is 35.4 Å². The lowest BCUT2D eigenvalue weighted by Gasteiger charge is -2.04. The molecule has 0 amide bonds. The van der Waals surface area contributed by atoms with E-state index in [0.717, 1.165) is 17.4 Å². The van der Waals surface area contributed by atoms with Crippen LogP contribution in [0.4, 0.5) is 20.2 Å². The minimum atomic E-state index is -0.602. The fourth-order valence-corrected chi connectivity index (χ4v) is 4.58. The summed E-state index contributed by atoms with van der Waals surface area (Å²) in [4.78, 5) is 10.9. The first-order valence-electron chi connectivity index (χ1n) is 10.2. The van der Waals surface area contributed by atoms with Gasteiger partial charge in [0, 0.05) is 33.1 Å². The lowest BCUT2D eigenvalue weighted by atomic mass is 10.2. The van der Waals surface area contributed by atoms with Gasteiger partial charge in [-0.25, -0.2) is 8.78 Å². The Morgan fingerprint density at radius 2 is 1.18 bits per heavy atom. The second kappa shape index (κ2) is 12.8. The number of nitro groups is 1. The predicted octanol–water partition coefficient (Wildman–Crippen LogP) is 7.73. The molecule has 2 N–H and O–H groups in total. The first-order chi connectivity index (χ1) is 16.4. The topological polar surface area (TPSA) is 69.2 Å². The molecule has 0 aliphatic rings. The van der Waals surface area contributed by atoms with E-state index in [-0.39, 0.29) is 11.5 Å². The molecule has 174 valence electrons. The highest BCUT2D eigenvalue weighted by Crippen LogP contribution is 2.28. The van der Waals surface area contributed by atoms with Crippen LogP contribution in [0, 0.1) is 21.7 Å². The molecule has 8 heteroatoms. The maximum atomic E-state index is 13.6. The van der Waals surface area contributed by atoms with Crippen molar-refractivity contribution in [2.45, 2.75) is 21.3 Å². The SMILES string of the molecule is Nc1ccc(SCc2ccccc2)c(F)c1.O=[N+]([O-])c1ccc(SCc2ccccc2)c(F)c1. The van der Waals surface area contributed by atoms with E-state index >= 15 is 0 Å². The van der Waals surface area contributed by atoms with Crippen LogP contribution in [0.1, 0.15) is 11.1 Å². The molecule has 4 aromatic carbocycles. The summed E-state index contributed by atoms with van der Waals surface area (Å²) in [5.74, 6) is 0.600. The van der Waals surface area contributed by atoms with Crippen molar-refractivity contribution < 1.29 is 13.7 Å². The first kappa shape index (κ1) is 25.3. The van der Waals surface area contributed by atoms with Crippen molar-refractivity contribution >= 4 is 34.9 Å². The average Bonchev–Trinajstić information content (AvgIpc) is 2.84. The molecule has 0 radical (unpaired) electrons. The summed E-state index contributed by atoms with van der Waals surface area (Å²) in [5.41, 5.74) is 7.99. The Morgan fingerprint density at radius 3 is 1.62 bits per heavy atom. The van der Waals surface area contributed by atoms with E-state index in [4.69, 9.17) is 5.73 Å². The predicted molar refractivity (Wildman–Crippen MR) is 136 cm³/mol. The number of thioether (sulfide) groups is 2. The van der Waals surface area contributed by atoms with Crippen LogP contribution in [0.15, 0.2) is 107 Å². The molecule has 0 aliphatic heterocycles. The Bertz CT molecular complexity index is 1230. The number of hydrogen-bond donors (Lipinski definition) is 1. The molecule has 0 aromatic heterocycles. The largest absolute Gasteiger partial charge is 0.399 e. The second-order valence-electron chi connectivity index (χ2n) is 7.11. The fourth-order valence-electron chi connectivity index (χ4n) is 2.83. The highest BCUT2D eigenvalue weighted by molar-refractivity contribution is 7.98. The maximum Gasteiger partial charge on any atom is 0.272 e. The molecule has 0 aliphatic carbocycles. The summed E-state index contributed by atoms with van der Waals surface area (Å²) in [6.45, 7) is 0. The van der Waals surface area contributed by atoms with Crippen molar-refractivity contribution in [1.29, 1.82) is 0 Å². The summed E-state index contributed by atoms with van der Waals surface area (Å²) in [6.07, 6.45) is 0. The van der Waals surface area contributed by atoms with Crippen molar-refractivity contribution in [3.63, 3.8) is 0 Å². The van der Waals surface area contributed by atoms with Gasteiger partial charge < -0.3 is 5.73 Å². The monoisotopic (exact) mass is 496 g/mol. The molecule has 4 rings (SSSR count). The van der Waals surface area contributed by atoms with Crippen molar-refractivity contribution in [3.8, 4) is 0 Å². The van der Waals surface area contributed by atoms with Gasteiger partial charge in [0.25, 0.3) is 5.69 Å². The molecule has 0 atom stereocenters. The number of halogens is 2. The highest BCUT2D eigenvalue weighted by Gasteiger charge is 2.11. The van der Waals surface area contributed by atoms with E-state index in [1.54, 1.807) is 12.1 Å². The standard InChI is InChI=1S/C13H10FNO2S.C13H12FNS/c14-12-8-11(15(16)17)6-7-13(12)18-9-10-4-2-1-3-5-10;14-12-8-11(15)6-7-13(12)16-9-10-4-2-1-3-5-10/h1-8H,9H2;1-8H,9,15H2. The van der Waals surface area contributed by atoms with Gasteiger partial charge in [0.05, 0.1) is 11.0 Å². The van der Waals surface area contributed by atoms with E-state index in [0.29, 0.717) is 21.2 Å². The molecule has 0 bridgehead atoms. The summed E-state index contributed by atoms with van der Waals surface area (Å²) in [7, 11) is 0. The number of nitrogens with zero attached hydrogens (tertiary/aromatic N) is 1. The Balaban J connectivity index is 0.000000192. The fraction of sp³-hybridized carbons (Fsp3) is 0.0769. The minimum Gasteiger partial charge on any atom is -0.399 e. The van der Waals surface area contributed by atoms with Crippen LogP contribution in [-0.4, -0.2) is 4.92 Å². The number of nitro benzene ring substituents is 1. The number of non-ortho nitro benzene ring substituents is 1. The molecule has 0 fully saturated rings. The van der Waals surface area contributed by atoms with Crippen LogP contribution in [0.2, 0.25) is 0 Å². The van der Waals surface area contributed by atoms with Gasteiger partial charge in [0.2, 0.25) is 0 Å². The number of nitrogen functional groups attached to an aromatic ring is 1. The summed E-state index contributed by atoms with van der Waals surface area (Å²) >= 11 is 2.80. The van der Waals surface area contributed by atoms with Crippen LogP contribution in [0.25, 0.3) is 0 Å². The van der Waals surface area contributed by atoms with E-state index in [1.807, 2.05) is 60.7 Å². The normalized spacial score (nSPS) is 10.3. The van der Waals surface area contributed by atoms with E-state index in [9.17, 15) is 18.9 Å². The van der Waals surface area contributed by atoms with Crippen LogP contribution >= 0.6 is 23.5 Å². The number of rotatable bonds is 7. The zero-order chi connectivity index (χ0) is 24.3. The molecule has 0 saturated carbocycles. The first-order valence-corrected chi connectivity index (χ1v) is 12.2. The van der Waals surface area contributed by atoms with Crippen LogP contribution in [-0.2, 0) is 11.5 Å². The lowest BCUT2D eigenvalue weighted by Crippen LogP contribution is -1.90. The number of nitrogens with two attached hydrogens (primary N) is 1. The zero-order valence-electron chi connectivity index (χ0n) is 18.1. The maximum absolute atomic E-state index is 13.6. The molecular formula is C26H22F2N2O2S2. The Labute approximate surface area is 205 Å². The lowest BCUT2D eigenvalue weighted by molar-refractivity contribution is -0.385. The Hall–Kier alpha value is -3.36. The third kappa shape index (κ3) is 7.90. The van der Waals surface area contributed by atoms with Crippen molar-refractivity contribution in [2.24, 2.45) is 0 Å². The second-order valence-corrected chi connectivity index (χ2v) is 9.14. The third-order valence-electron chi connectivity index (χ3n) is 4.56. The number of hydrogen-bond acceptors (Lipinski definition) is 5. The molecule has 4 nitrogen and oxygen atoms in total.